The van der Waals surface area contributed by atoms with Crippen molar-refractivity contribution in [1.82, 2.24) is 10.2 Å². The van der Waals surface area contributed by atoms with Gasteiger partial charge >= 0.3 is 0 Å². The molecule has 0 radical (unpaired) electrons. The second-order valence-electron chi connectivity index (χ2n) is 4.59. The standard InChI is InChI=1S/C14H20N2O.ClH/c1-15-9-7-14(17)16-10-8-13(11-16)12-5-3-2-4-6-12;/h2-6,13,15H,7-11H2,1H3;1H. The number of likely N-dealkylation sites (tertiary alicyclic amines) is 1. The Bertz CT molecular complexity index is 369. The number of hydrogen-bond acceptors (Lipinski definition) is 2. The van der Waals surface area contributed by atoms with Crippen LogP contribution in [0.3, 0.4) is 0 Å². The van der Waals surface area contributed by atoms with E-state index in [1.807, 2.05) is 18.0 Å². The van der Waals surface area contributed by atoms with Crippen LogP contribution in [0.2, 0.25) is 0 Å². The van der Waals surface area contributed by atoms with Crippen molar-refractivity contribution in [3.63, 3.8) is 0 Å². The molecule has 4 heteroatoms. The highest BCUT2D eigenvalue weighted by atomic mass is 35.5. The van der Waals surface area contributed by atoms with Crippen LogP contribution in [-0.4, -0.2) is 37.5 Å². The first kappa shape index (κ1) is 15.0. The van der Waals surface area contributed by atoms with Crippen molar-refractivity contribution >= 4 is 18.3 Å². The first-order chi connectivity index (χ1) is 8.31. The van der Waals surface area contributed by atoms with E-state index in [0.29, 0.717) is 12.3 Å². The van der Waals surface area contributed by atoms with Crippen molar-refractivity contribution in [3.05, 3.63) is 35.9 Å². The lowest BCUT2D eigenvalue weighted by Crippen LogP contribution is -2.30. The topological polar surface area (TPSA) is 32.3 Å². The molecular weight excluding hydrogens is 248 g/mol. The van der Waals surface area contributed by atoms with Crippen molar-refractivity contribution in [2.45, 2.75) is 18.8 Å². The number of nitrogens with zero attached hydrogens (tertiary/aromatic N) is 1. The Balaban J connectivity index is 0.00000162. The quantitative estimate of drug-likeness (QED) is 0.906. The Morgan fingerprint density at radius 3 is 2.78 bits per heavy atom. The van der Waals surface area contributed by atoms with Gasteiger partial charge in [0.05, 0.1) is 0 Å². The number of hydrogen-bond donors (Lipinski definition) is 1. The molecule has 0 aliphatic carbocycles. The molecule has 1 atom stereocenters. The van der Waals surface area contributed by atoms with Gasteiger partial charge in [-0.2, -0.15) is 0 Å². The van der Waals surface area contributed by atoms with Crippen molar-refractivity contribution in [2.75, 3.05) is 26.7 Å². The van der Waals surface area contributed by atoms with Gasteiger partial charge in [-0.15, -0.1) is 12.4 Å². The molecule has 1 unspecified atom stereocenters. The van der Waals surface area contributed by atoms with E-state index in [1.165, 1.54) is 5.56 Å². The summed E-state index contributed by atoms with van der Waals surface area (Å²) < 4.78 is 0. The number of halogens is 1. The van der Waals surface area contributed by atoms with E-state index < -0.39 is 0 Å². The molecule has 100 valence electrons. The van der Waals surface area contributed by atoms with Crippen LogP contribution in [0.25, 0.3) is 0 Å². The Morgan fingerprint density at radius 2 is 2.11 bits per heavy atom. The van der Waals surface area contributed by atoms with Crippen LogP contribution in [0.4, 0.5) is 0 Å². The molecule has 1 aromatic carbocycles. The summed E-state index contributed by atoms with van der Waals surface area (Å²) in [6.45, 7) is 2.56. The van der Waals surface area contributed by atoms with Gasteiger partial charge in [0, 0.05) is 32.0 Å². The minimum absolute atomic E-state index is 0. The molecule has 1 aliphatic heterocycles. The van der Waals surface area contributed by atoms with Crippen LogP contribution in [0.1, 0.15) is 24.3 Å². The third-order valence-electron chi connectivity index (χ3n) is 3.40. The van der Waals surface area contributed by atoms with Gasteiger partial charge in [0.1, 0.15) is 0 Å². The lowest BCUT2D eigenvalue weighted by Gasteiger charge is -2.16. The van der Waals surface area contributed by atoms with Gasteiger partial charge in [0.15, 0.2) is 0 Å². The predicted octanol–water partition coefficient (Wildman–Crippen LogP) is 2.03. The summed E-state index contributed by atoms with van der Waals surface area (Å²) in [6.07, 6.45) is 1.70. The second-order valence-corrected chi connectivity index (χ2v) is 4.59. The number of carbonyl (C=O) groups excluding carboxylic acids is 1. The Kier molecular flexibility index (Phi) is 6.16. The number of amides is 1. The SMILES string of the molecule is CNCCC(=O)N1CCC(c2ccccc2)C1.Cl. The highest BCUT2D eigenvalue weighted by Gasteiger charge is 2.26. The van der Waals surface area contributed by atoms with Crippen molar-refractivity contribution in [1.29, 1.82) is 0 Å². The molecule has 2 rings (SSSR count). The first-order valence-corrected chi connectivity index (χ1v) is 6.28. The van der Waals surface area contributed by atoms with E-state index in [4.69, 9.17) is 0 Å². The smallest absolute Gasteiger partial charge is 0.223 e. The zero-order valence-corrected chi connectivity index (χ0v) is 11.6. The molecular formula is C14H21ClN2O. The monoisotopic (exact) mass is 268 g/mol. The summed E-state index contributed by atoms with van der Waals surface area (Å²) in [5, 5.41) is 3.02. The van der Waals surface area contributed by atoms with Crippen LogP contribution in [0.5, 0.6) is 0 Å². The summed E-state index contributed by atoms with van der Waals surface area (Å²) in [5.74, 6) is 0.799. The molecule has 1 N–H and O–H groups in total. The number of carbonyl (C=O) groups is 1. The molecule has 1 fully saturated rings. The van der Waals surface area contributed by atoms with Gasteiger partial charge in [-0.25, -0.2) is 0 Å². The van der Waals surface area contributed by atoms with Gasteiger partial charge in [-0.05, 0) is 19.0 Å². The van der Waals surface area contributed by atoms with E-state index in [1.54, 1.807) is 0 Å². The third kappa shape index (κ3) is 3.72. The molecule has 0 aromatic heterocycles. The van der Waals surface area contributed by atoms with Crippen LogP contribution >= 0.6 is 12.4 Å². The molecule has 0 bridgehead atoms. The van der Waals surface area contributed by atoms with Gasteiger partial charge in [0.2, 0.25) is 5.91 Å². The van der Waals surface area contributed by atoms with E-state index in [9.17, 15) is 4.79 Å². The van der Waals surface area contributed by atoms with Crippen LogP contribution in [0.15, 0.2) is 30.3 Å². The van der Waals surface area contributed by atoms with Crippen molar-refractivity contribution in [2.24, 2.45) is 0 Å². The Labute approximate surface area is 115 Å². The molecule has 3 nitrogen and oxygen atoms in total. The fourth-order valence-corrected chi connectivity index (χ4v) is 2.37. The molecule has 1 saturated heterocycles. The largest absolute Gasteiger partial charge is 0.342 e. The molecule has 0 saturated carbocycles. The van der Waals surface area contributed by atoms with Crippen LogP contribution in [0, 0.1) is 0 Å². The average molecular weight is 269 g/mol. The highest BCUT2D eigenvalue weighted by Crippen LogP contribution is 2.27. The molecule has 1 aromatic rings. The lowest BCUT2D eigenvalue weighted by molar-refractivity contribution is -0.130. The fraction of sp³-hybridized carbons (Fsp3) is 0.500. The van der Waals surface area contributed by atoms with E-state index in [0.717, 1.165) is 26.1 Å². The maximum Gasteiger partial charge on any atom is 0.223 e. The first-order valence-electron chi connectivity index (χ1n) is 6.28. The highest BCUT2D eigenvalue weighted by molar-refractivity contribution is 5.85. The lowest BCUT2D eigenvalue weighted by atomic mass is 9.99. The molecule has 18 heavy (non-hydrogen) atoms. The molecule has 1 heterocycles. The summed E-state index contributed by atoms with van der Waals surface area (Å²) in [5.41, 5.74) is 1.36. The number of benzene rings is 1. The number of nitrogens with one attached hydrogen (secondary N) is 1. The van der Waals surface area contributed by atoms with E-state index >= 15 is 0 Å². The maximum atomic E-state index is 11.9. The summed E-state index contributed by atoms with van der Waals surface area (Å²) >= 11 is 0. The molecule has 1 aliphatic rings. The Morgan fingerprint density at radius 1 is 1.39 bits per heavy atom. The predicted molar refractivity (Wildman–Crippen MR) is 76.2 cm³/mol. The minimum Gasteiger partial charge on any atom is -0.342 e. The summed E-state index contributed by atoms with van der Waals surface area (Å²) in [4.78, 5) is 13.9. The number of rotatable bonds is 4. The van der Waals surface area contributed by atoms with Crippen molar-refractivity contribution < 1.29 is 4.79 Å². The molecule has 1 amide bonds. The van der Waals surface area contributed by atoms with E-state index in [2.05, 4.69) is 29.6 Å². The normalized spacial score (nSPS) is 18.5. The second kappa shape index (κ2) is 7.39. The Hall–Kier alpha value is -1.06. The zero-order chi connectivity index (χ0) is 12.1. The maximum absolute atomic E-state index is 11.9. The van der Waals surface area contributed by atoms with Crippen LogP contribution in [-0.2, 0) is 4.79 Å². The zero-order valence-electron chi connectivity index (χ0n) is 10.8. The average Bonchev–Trinajstić information content (AvgIpc) is 2.86. The van der Waals surface area contributed by atoms with Crippen molar-refractivity contribution in [3.8, 4) is 0 Å². The van der Waals surface area contributed by atoms with Gasteiger partial charge in [-0.1, -0.05) is 30.3 Å². The summed E-state index contributed by atoms with van der Waals surface area (Å²) in [7, 11) is 1.88. The minimum atomic E-state index is 0. The van der Waals surface area contributed by atoms with Crippen LogP contribution < -0.4 is 5.32 Å². The van der Waals surface area contributed by atoms with Gasteiger partial charge in [0.25, 0.3) is 0 Å². The van der Waals surface area contributed by atoms with E-state index in [-0.39, 0.29) is 18.3 Å². The van der Waals surface area contributed by atoms with Gasteiger partial charge < -0.3 is 10.2 Å². The third-order valence-corrected chi connectivity index (χ3v) is 3.40. The molecule has 0 spiro atoms. The van der Waals surface area contributed by atoms with Gasteiger partial charge in [-0.3, -0.25) is 4.79 Å². The fourth-order valence-electron chi connectivity index (χ4n) is 2.37. The summed E-state index contributed by atoms with van der Waals surface area (Å²) in [6, 6.07) is 10.5.